The second-order valence-corrected chi connectivity index (χ2v) is 10.7. The lowest BCUT2D eigenvalue weighted by Crippen LogP contribution is -2.47. The van der Waals surface area contributed by atoms with Gasteiger partial charge in [0.25, 0.3) is 5.91 Å². The van der Waals surface area contributed by atoms with E-state index in [0.29, 0.717) is 0 Å². The Bertz CT molecular complexity index is 1220. The SMILES string of the molecule is Cc1ccccc1-c1cnn(C(O)CC(C)(CNC(=O)c2ccccc2O)S(C)(=O)=O)c1. The molecule has 3 aromatic rings. The van der Waals surface area contributed by atoms with Crippen molar-refractivity contribution in [3.05, 3.63) is 72.1 Å². The largest absolute Gasteiger partial charge is 0.507 e. The summed E-state index contributed by atoms with van der Waals surface area (Å²) < 4.78 is 25.0. The van der Waals surface area contributed by atoms with Gasteiger partial charge in [0.2, 0.25) is 0 Å². The standard InChI is InChI=1S/C23H27N3O5S/c1-16-8-4-5-9-18(16)17-13-25-26(14-17)21(28)12-23(2,32(3,30)31)15-24-22(29)19-10-6-7-11-20(19)27/h4-11,13-14,21,27-28H,12,15H2,1-3H3,(H,24,29). The van der Waals surface area contributed by atoms with Gasteiger partial charge in [-0.15, -0.1) is 0 Å². The fourth-order valence-corrected chi connectivity index (χ4v) is 4.19. The van der Waals surface area contributed by atoms with Crippen LogP contribution >= 0.6 is 0 Å². The second kappa shape index (κ2) is 9.13. The molecule has 2 atom stereocenters. The summed E-state index contributed by atoms with van der Waals surface area (Å²) in [6, 6.07) is 13.7. The molecule has 0 saturated carbocycles. The normalized spacial score (nSPS) is 14.5. The van der Waals surface area contributed by atoms with Crippen LogP contribution in [0.5, 0.6) is 5.75 Å². The van der Waals surface area contributed by atoms with Gasteiger partial charge < -0.3 is 15.5 Å². The predicted molar refractivity (Wildman–Crippen MR) is 122 cm³/mol. The monoisotopic (exact) mass is 457 g/mol. The maximum Gasteiger partial charge on any atom is 0.255 e. The number of phenols is 1. The van der Waals surface area contributed by atoms with Crippen LogP contribution in [0.15, 0.2) is 60.9 Å². The molecule has 170 valence electrons. The highest BCUT2D eigenvalue weighted by Gasteiger charge is 2.39. The lowest BCUT2D eigenvalue weighted by molar-refractivity contribution is 0.0689. The third-order valence-corrected chi connectivity index (χ3v) is 7.75. The average molecular weight is 458 g/mol. The third-order valence-electron chi connectivity index (χ3n) is 5.64. The number of benzene rings is 2. The van der Waals surface area contributed by atoms with E-state index in [4.69, 9.17) is 0 Å². The van der Waals surface area contributed by atoms with Crippen molar-refractivity contribution in [2.24, 2.45) is 0 Å². The van der Waals surface area contributed by atoms with Crippen LogP contribution in [0.2, 0.25) is 0 Å². The van der Waals surface area contributed by atoms with Gasteiger partial charge in [0, 0.05) is 31.0 Å². The molecule has 8 nitrogen and oxygen atoms in total. The average Bonchev–Trinajstić information content (AvgIpc) is 3.22. The molecule has 0 saturated heterocycles. The summed E-state index contributed by atoms with van der Waals surface area (Å²) in [6.07, 6.45) is 2.92. The van der Waals surface area contributed by atoms with Gasteiger partial charge in [-0.25, -0.2) is 13.1 Å². The zero-order valence-electron chi connectivity index (χ0n) is 18.2. The summed E-state index contributed by atoms with van der Waals surface area (Å²) in [5, 5.41) is 27.4. The van der Waals surface area contributed by atoms with E-state index in [9.17, 15) is 23.4 Å². The molecule has 0 fully saturated rings. The van der Waals surface area contributed by atoms with Crippen LogP contribution in [0, 0.1) is 6.92 Å². The number of carbonyl (C=O) groups is 1. The highest BCUT2D eigenvalue weighted by atomic mass is 32.2. The summed E-state index contributed by atoms with van der Waals surface area (Å²) >= 11 is 0. The van der Waals surface area contributed by atoms with Crippen molar-refractivity contribution in [3.8, 4) is 16.9 Å². The van der Waals surface area contributed by atoms with Gasteiger partial charge in [-0.05, 0) is 37.1 Å². The van der Waals surface area contributed by atoms with E-state index >= 15 is 0 Å². The van der Waals surface area contributed by atoms with Crippen LogP contribution in [0.25, 0.3) is 11.1 Å². The van der Waals surface area contributed by atoms with E-state index < -0.39 is 26.7 Å². The summed E-state index contributed by atoms with van der Waals surface area (Å²) in [6.45, 7) is 3.18. The van der Waals surface area contributed by atoms with Crippen LogP contribution in [0.3, 0.4) is 0 Å². The number of aryl methyl sites for hydroxylation is 1. The number of hydrogen-bond donors (Lipinski definition) is 3. The summed E-state index contributed by atoms with van der Waals surface area (Å²) in [7, 11) is -3.69. The van der Waals surface area contributed by atoms with Gasteiger partial charge in [-0.1, -0.05) is 36.4 Å². The molecular weight excluding hydrogens is 430 g/mol. The van der Waals surface area contributed by atoms with Gasteiger partial charge in [-0.2, -0.15) is 5.10 Å². The number of nitrogens with one attached hydrogen (secondary N) is 1. The first kappa shape index (κ1) is 23.5. The van der Waals surface area contributed by atoms with E-state index in [1.165, 1.54) is 23.7 Å². The molecule has 1 amide bonds. The van der Waals surface area contributed by atoms with E-state index in [1.54, 1.807) is 24.5 Å². The predicted octanol–water partition coefficient (Wildman–Crippen LogP) is 2.68. The molecule has 0 aliphatic carbocycles. The lowest BCUT2D eigenvalue weighted by Gasteiger charge is -2.30. The number of amides is 1. The minimum absolute atomic E-state index is 0.0406. The maximum atomic E-state index is 12.6. The molecule has 1 aromatic heterocycles. The number of carbonyl (C=O) groups excluding carboxylic acids is 1. The first-order chi connectivity index (χ1) is 15.0. The Morgan fingerprint density at radius 2 is 1.84 bits per heavy atom. The van der Waals surface area contributed by atoms with Crippen molar-refractivity contribution in [2.45, 2.75) is 31.2 Å². The van der Waals surface area contributed by atoms with Crippen LogP contribution in [0.4, 0.5) is 0 Å². The zero-order chi connectivity index (χ0) is 23.5. The molecule has 0 bridgehead atoms. The number of aromatic nitrogens is 2. The van der Waals surface area contributed by atoms with E-state index in [0.717, 1.165) is 22.9 Å². The molecular formula is C23H27N3O5S. The molecule has 9 heteroatoms. The number of phenolic OH excluding ortho intramolecular Hbond substituents is 1. The molecule has 32 heavy (non-hydrogen) atoms. The summed E-state index contributed by atoms with van der Waals surface area (Å²) in [4.78, 5) is 12.4. The number of sulfone groups is 1. The minimum Gasteiger partial charge on any atom is -0.507 e. The minimum atomic E-state index is -3.69. The van der Waals surface area contributed by atoms with Crippen molar-refractivity contribution in [3.63, 3.8) is 0 Å². The molecule has 0 radical (unpaired) electrons. The smallest absolute Gasteiger partial charge is 0.255 e. The number of aromatic hydroxyl groups is 1. The Balaban J connectivity index is 1.77. The Labute approximate surface area is 187 Å². The molecule has 1 heterocycles. The fourth-order valence-electron chi connectivity index (χ4n) is 3.40. The van der Waals surface area contributed by atoms with Crippen molar-refractivity contribution in [1.82, 2.24) is 15.1 Å². The van der Waals surface area contributed by atoms with Crippen molar-refractivity contribution in [2.75, 3.05) is 12.8 Å². The molecule has 0 aliphatic heterocycles. The van der Waals surface area contributed by atoms with Crippen LogP contribution < -0.4 is 5.32 Å². The number of aliphatic hydroxyl groups excluding tert-OH is 1. The second-order valence-electron chi connectivity index (χ2n) is 8.13. The molecule has 2 unspecified atom stereocenters. The van der Waals surface area contributed by atoms with E-state index in [1.807, 2.05) is 31.2 Å². The van der Waals surface area contributed by atoms with Crippen molar-refractivity contribution in [1.29, 1.82) is 0 Å². The zero-order valence-corrected chi connectivity index (χ0v) is 19.0. The van der Waals surface area contributed by atoms with Gasteiger partial charge in [0.1, 0.15) is 12.0 Å². The van der Waals surface area contributed by atoms with Crippen LogP contribution in [-0.2, 0) is 9.84 Å². The fraction of sp³-hybridized carbons (Fsp3) is 0.304. The first-order valence-electron chi connectivity index (χ1n) is 10.1. The van der Waals surface area contributed by atoms with Crippen LogP contribution in [0.1, 0.15) is 35.5 Å². The highest BCUT2D eigenvalue weighted by molar-refractivity contribution is 7.92. The first-order valence-corrected chi connectivity index (χ1v) is 11.9. The summed E-state index contributed by atoms with van der Waals surface area (Å²) in [5.41, 5.74) is 2.86. The van der Waals surface area contributed by atoms with Gasteiger partial charge in [0.05, 0.1) is 16.5 Å². The van der Waals surface area contributed by atoms with Crippen LogP contribution in [-0.4, -0.2) is 51.9 Å². The van der Waals surface area contributed by atoms with Gasteiger partial charge >= 0.3 is 0 Å². The molecule has 3 rings (SSSR count). The van der Waals surface area contributed by atoms with Crippen molar-refractivity contribution < 1.29 is 23.4 Å². The third kappa shape index (κ3) is 5.00. The number of rotatable bonds is 8. The molecule has 3 N–H and O–H groups in total. The molecule has 0 spiro atoms. The number of nitrogens with zero attached hydrogens (tertiary/aromatic N) is 2. The topological polar surface area (TPSA) is 122 Å². The number of aliphatic hydroxyl groups is 1. The highest BCUT2D eigenvalue weighted by Crippen LogP contribution is 2.29. The number of para-hydroxylation sites is 1. The number of hydrogen-bond acceptors (Lipinski definition) is 6. The molecule has 0 aliphatic rings. The van der Waals surface area contributed by atoms with Crippen molar-refractivity contribution >= 4 is 15.7 Å². The van der Waals surface area contributed by atoms with E-state index in [2.05, 4.69) is 10.4 Å². The Hall–Kier alpha value is -3.17. The Kier molecular flexibility index (Phi) is 6.71. The quantitative estimate of drug-likeness (QED) is 0.478. The van der Waals surface area contributed by atoms with Gasteiger partial charge in [-0.3, -0.25) is 4.79 Å². The Morgan fingerprint density at radius 1 is 1.19 bits per heavy atom. The maximum absolute atomic E-state index is 12.6. The Morgan fingerprint density at radius 3 is 2.50 bits per heavy atom. The van der Waals surface area contributed by atoms with Gasteiger partial charge in [0.15, 0.2) is 9.84 Å². The van der Waals surface area contributed by atoms with E-state index in [-0.39, 0.29) is 24.3 Å². The summed E-state index contributed by atoms with van der Waals surface area (Å²) in [5.74, 6) is -0.806. The lowest BCUT2D eigenvalue weighted by atomic mass is 10.0. The molecule has 2 aromatic carbocycles.